The van der Waals surface area contributed by atoms with Gasteiger partial charge in [0.2, 0.25) is 0 Å². The first-order valence-electron chi connectivity index (χ1n) is 20.4. The summed E-state index contributed by atoms with van der Waals surface area (Å²) in [5, 5.41) is 5.87. The predicted octanol–water partition coefficient (Wildman–Crippen LogP) is 12.0. The second-order valence-electron chi connectivity index (χ2n) is 18.6. The number of hydrogen-bond acceptors (Lipinski definition) is 3. The van der Waals surface area contributed by atoms with Crippen molar-refractivity contribution >= 4 is 65.7 Å². The third-order valence-corrected chi connectivity index (χ3v) is 22.6. The Morgan fingerprint density at radius 2 is 1.02 bits per heavy atom. The third-order valence-electron chi connectivity index (χ3n) is 14.0. The van der Waals surface area contributed by atoms with Gasteiger partial charge >= 0.3 is 0 Å². The van der Waals surface area contributed by atoms with Gasteiger partial charge in [0, 0.05) is 43.2 Å². The summed E-state index contributed by atoms with van der Waals surface area (Å²) >= 11 is 1.99. The highest BCUT2D eigenvalue weighted by molar-refractivity contribution is 8.00. The highest BCUT2D eigenvalue weighted by Crippen LogP contribution is 2.57. The molecule has 0 aromatic heterocycles. The Morgan fingerprint density at radius 1 is 0.474 bits per heavy atom. The molecule has 0 bridgehead atoms. The van der Waals surface area contributed by atoms with Crippen molar-refractivity contribution in [2.75, 3.05) is 4.90 Å². The number of anilines is 3. The van der Waals surface area contributed by atoms with Crippen molar-refractivity contribution in [3.63, 3.8) is 0 Å². The molecule has 280 valence electrons. The van der Waals surface area contributed by atoms with Crippen molar-refractivity contribution in [3.05, 3.63) is 162 Å². The Hall–Kier alpha value is -5.08. The first kappa shape index (κ1) is 35.1. The smallest absolute Gasteiger partial charge is 0.135 e. The fourth-order valence-corrected chi connectivity index (χ4v) is 19.1. The summed E-state index contributed by atoms with van der Waals surface area (Å²) in [5.74, 6) is 2.09. The van der Waals surface area contributed by atoms with E-state index < -0.39 is 16.1 Å². The second-order valence-corrected chi connectivity index (χ2v) is 28.3. The summed E-state index contributed by atoms with van der Waals surface area (Å²) in [6.07, 6.45) is 0. The van der Waals surface area contributed by atoms with E-state index >= 15 is 0 Å². The molecule has 7 aromatic rings. The molecule has 57 heavy (non-hydrogen) atoms. The maximum atomic E-state index is 6.90. The zero-order valence-electron chi connectivity index (χ0n) is 34.0. The van der Waals surface area contributed by atoms with Crippen molar-refractivity contribution in [3.8, 4) is 33.8 Å². The van der Waals surface area contributed by atoms with Crippen LogP contribution in [-0.4, -0.2) is 16.1 Å². The third kappa shape index (κ3) is 4.71. The SMILES string of the molecule is CC1(C)c2cc(N(c3ccccc3)c3ccc4c(c3)C(C)(C)c3ccc5c(c3-4)Sc3ccccc3[Si]5(C)C)ccc2-c2c1ccc1c2Oc2ccccc2[Si]1(C)C. The molecule has 2 heterocycles. The van der Waals surface area contributed by atoms with Gasteiger partial charge < -0.3 is 9.64 Å². The van der Waals surface area contributed by atoms with Gasteiger partial charge in [-0.1, -0.05) is 157 Å². The topological polar surface area (TPSA) is 12.5 Å². The second kappa shape index (κ2) is 11.8. The normalized spacial score (nSPS) is 17.4. The quantitative estimate of drug-likeness (QED) is 0.165. The summed E-state index contributed by atoms with van der Waals surface area (Å²) in [7, 11) is -3.84. The number of nitrogens with zero attached hydrogens (tertiary/aromatic N) is 1. The molecule has 0 saturated carbocycles. The summed E-state index contributed by atoms with van der Waals surface area (Å²) in [5.41, 5.74) is 14.1. The van der Waals surface area contributed by atoms with Crippen LogP contribution in [0.5, 0.6) is 11.5 Å². The lowest BCUT2D eigenvalue weighted by Crippen LogP contribution is -2.56. The molecule has 0 N–H and O–H groups in total. The highest BCUT2D eigenvalue weighted by atomic mass is 32.2. The number of ether oxygens (including phenoxy) is 1. The van der Waals surface area contributed by atoms with E-state index in [0.717, 1.165) is 17.2 Å². The van der Waals surface area contributed by atoms with Gasteiger partial charge in [0.25, 0.3) is 0 Å². The number of rotatable bonds is 3. The average Bonchev–Trinajstić information content (AvgIpc) is 3.58. The average molecular weight is 790 g/mol. The fraction of sp³-hybridized carbons (Fsp3) is 0.192. The minimum atomic E-state index is -1.97. The molecule has 0 unspecified atom stereocenters. The minimum absolute atomic E-state index is 0.141. The fourth-order valence-electron chi connectivity index (χ4n) is 10.7. The minimum Gasteiger partial charge on any atom is -0.457 e. The summed E-state index contributed by atoms with van der Waals surface area (Å²) in [6.45, 7) is 19.6. The van der Waals surface area contributed by atoms with E-state index in [9.17, 15) is 0 Å². The number of para-hydroxylation sites is 2. The molecule has 2 nitrogen and oxygen atoms in total. The highest BCUT2D eigenvalue weighted by Gasteiger charge is 2.45. The summed E-state index contributed by atoms with van der Waals surface area (Å²) < 4.78 is 6.90. The number of benzene rings is 7. The van der Waals surface area contributed by atoms with Gasteiger partial charge in [0.1, 0.15) is 27.6 Å². The van der Waals surface area contributed by atoms with E-state index in [1.807, 2.05) is 11.8 Å². The lowest BCUT2D eigenvalue weighted by atomic mass is 9.82. The van der Waals surface area contributed by atoms with Gasteiger partial charge in [0.15, 0.2) is 0 Å². The zero-order chi connectivity index (χ0) is 39.2. The molecule has 0 amide bonds. The van der Waals surface area contributed by atoms with E-state index in [0.29, 0.717) is 0 Å². The molecule has 0 fully saturated rings. The first-order chi connectivity index (χ1) is 27.3. The monoisotopic (exact) mass is 789 g/mol. The molecule has 4 aliphatic rings. The Balaban J connectivity index is 1.06. The van der Waals surface area contributed by atoms with Crippen LogP contribution in [-0.2, 0) is 10.8 Å². The van der Waals surface area contributed by atoms with Crippen molar-refractivity contribution < 1.29 is 4.74 Å². The maximum Gasteiger partial charge on any atom is 0.135 e. The molecule has 2 aliphatic carbocycles. The van der Waals surface area contributed by atoms with Gasteiger partial charge in [-0.3, -0.25) is 0 Å². The van der Waals surface area contributed by atoms with E-state index in [1.165, 1.54) is 76.0 Å². The van der Waals surface area contributed by atoms with E-state index in [1.54, 1.807) is 10.4 Å². The van der Waals surface area contributed by atoms with Crippen LogP contribution in [0.2, 0.25) is 26.2 Å². The molecule has 11 rings (SSSR count). The van der Waals surface area contributed by atoms with Crippen molar-refractivity contribution in [1.82, 2.24) is 0 Å². The van der Waals surface area contributed by atoms with Crippen LogP contribution in [0, 0.1) is 0 Å². The van der Waals surface area contributed by atoms with Crippen LogP contribution in [0.4, 0.5) is 17.1 Å². The molecule has 0 radical (unpaired) electrons. The largest absolute Gasteiger partial charge is 0.457 e. The molecule has 2 aliphatic heterocycles. The van der Waals surface area contributed by atoms with Crippen LogP contribution in [0.3, 0.4) is 0 Å². The lowest BCUT2D eigenvalue weighted by Gasteiger charge is -2.34. The Morgan fingerprint density at radius 3 is 1.70 bits per heavy atom. The Bertz CT molecular complexity index is 2700. The van der Waals surface area contributed by atoms with Crippen molar-refractivity contribution in [1.29, 1.82) is 0 Å². The van der Waals surface area contributed by atoms with Crippen molar-refractivity contribution in [2.45, 2.75) is 74.5 Å². The molecule has 0 saturated heterocycles. The molecular weight excluding hydrogens is 743 g/mol. The van der Waals surface area contributed by atoms with Gasteiger partial charge in [-0.15, -0.1) is 0 Å². The van der Waals surface area contributed by atoms with E-state index in [2.05, 4.69) is 198 Å². The van der Waals surface area contributed by atoms with Gasteiger partial charge in [-0.2, -0.15) is 0 Å². The number of fused-ring (bicyclic) bond motifs is 12. The predicted molar refractivity (Wildman–Crippen MR) is 247 cm³/mol. The molecule has 0 atom stereocenters. The lowest BCUT2D eigenvalue weighted by molar-refractivity contribution is 0.487. The van der Waals surface area contributed by atoms with Gasteiger partial charge in [0.05, 0.1) is 0 Å². The standard InChI is InChI=1S/C52H47NOSSi2/c1-51(2)37-26-28-45-49(54-41-18-12-14-20-43(41)56(45,5)6)47(37)35-24-22-33(30-39(35)51)53(32-16-10-9-11-17-32)34-23-25-36-40(31-34)52(3,4)38-27-29-46-50(48(36)38)55-42-19-13-15-21-44(42)57(46,7)8/h9-31H,1-8H3. The molecular formula is C52H47NOSSi2. The maximum absolute atomic E-state index is 6.90. The van der Waals surface area contributed by atoms with Crippen molar-refractivity contribution in [2.24, 2.45) is 0 Å². The van der Waals surface area contributed by atoms with Gasteiger partial charge in [-0.25, -0.2) is 0 Å². The molecule has 7 aromatic carbocycles. The molecule has 5 heteroatoms. The van der Waals surface area contributed by atoms with Crippen LogP contribution < -0.4 is 30.4 Å². The van der Waals surface area contributed by atoms with Crippen LogP contribution in [0.1, 0.15) is 49.9 Å². The van der Waals surface area contributed by atoms with Crippen LogP contribution in [0.25, 0.3) is 22.3 Å². The zero-order valence-corrected chi connectivity index (χ0v) is 36.9. The van der Waals surface area contributed by atoms with Gasteiger partial charge in [-0.05, 0) is 108 Å². The Kier molecular flexibility index (Phi) is 7.24. The van der Waals surface area contributed by atoms with E-state index in [-0.39, 0.29) is 10.8 Å². The van der Waals surface area contributed by atoms with E-state index in [4.69, 9.17) is 4.74 Å². The Labute approximate surface area is 343 Å². The summed E-state index contributed by atoms with van der Waals surface area (Å²) in [6, 6.07) is 52.8. The summed E-state index contributed by atoms with van der Waals surface area (Å²) in [4.78, 5) is 5.37. The molecule has 0 spiro atoms. The van der Waals surface area contributed by atoms with Crippen LogP contribution in [0.15, 0.2) is 149 Å². The van der Waals surface area contributed by atoms with Crippen LogP contribution >= 0.6 is 11.8 Å². The number of hydrogen-bond donors (Lipinski definition) is 0. The first-order valence-corrected chi connectivity index (χ1v) is 27.2.